The second-order valence-corrected chi connectivity index (χ2v) is 5.55. The van der Waals surface area contributed by atoms with Crippen LogP contribution in [-0.2, 0) is 0 Å². The van der Waals surface area contributed by atoms with Gasteiger partial charge in [0.1, 0.15) is 11.4 Å². The van der Waals surface area contributed by atoms with E-state index in [4.69, 9.17) is 43.6 Å². The fourth-order valence-electron chi connectivity index (χ4n) is 1.79. The molecule has 0 saturated carbocycles. The molecule has 0 fully saturated rings. The Morgan fingerprint density at radius 3 is 1.32 bits per heavy atom. The summed E-state index contributed by atoms with van der Waals surface area (Å²) in [6, 6.07) is 3.45. The average Bonchev–Trinajstić information content (AvgIpc) is 2.56. The molecule has 0 saturated heterocycles. The van der Waals surface area contributed by atoms with Crippen molar-refractivity contribution < 1.29 is 48.4 Å². The van der Waals surface area contributed by atoms with Gasteiger partial charge < -0.3 is 20.4 Å². The predicted octanol–water partition coefficient (Wildman–Crippen LogP) is 3.75. The number of aromatic carboxylic acids is 4. The van der Waals surface area contributed by atoms with Crippen molar-refractivity contribution in [1.29, 1.82) is 0 Å². The maximum Gasteiger partial charge on any atom is 0.341 e. The Balaban J connectivity index is 0.000000280. The van der Waals surface area contributed by atoms with E-state index in [2.05, 4.69) is 0 Å². The van der Waals surface area contributed by atoms with E-state index < -0.39 is 46.6 Å². The van der Waals surface area contributed by atoms with Crippen molar-refractivity contribution in [1.82, 2.24) is 0 Å². The van der Waals surface area contributed by atoms with Gasteiger partial charge in [-0.05, 0) is 24.3 Å². The first kappa shape index (κ1) is 22.8. The Hall–Kier alpha value is -3.24. The van der Waals surface area contributed by atoms with Gasteiger partial charge in [0.15, 0.2) is 5.82 Å². The Morgan fingerprint density at radius 1 is 0.643 bits per heavy atom. The van der Waals surface area contributed by atoms with Gasteiger partial charge in [-0.25, -0.2) is 28.0 Å². The van der Waals surface area contributed by atoms with Crippen molar-refractivity contribution in [3.05, 3.63) is 68.2 Å². The van der Waals surface area contributed by atoms with Crippen LogP contribution in [0.1, 0.15) is 41.4 Å². The van der Waals surface area contributed by atoms with Crippen molar-refractivity contribution in [2.45, 2.75) is 0 Å². The summed E-state index contributed by atoms with van der Waals surface area (Å²) in [5.74, 6) is -8.89. The molecule has 0 unspecified atom stereocenters. The minimum atomic E-state index is -1.84. The second kappa shape index (κ2) is 9.11. The van der Waals surface area contributed by atoms with Crippen LogP contribution >= 0.6 is 23.2 Å². The normalized spacial score (nSPS) is 9.86. The molecular formula is C16H8Cl2F2O8. The topological polar surface area (TPSA) is 149 Å². The van der Waals surface area contributed by atoms with E-state index in [1.165, 1.54) is 0 Å². The highest BCUT2D eigenvalue weighted by molar-refractivity contribution is 6.45. The Labute approximate surface area is 164 Å². The van der Waals surface area contributed by atoms with Gasteiger partial charge in [0.25, 0.3) is 0 Å². The van der Waals surface area contributed by atoms with Crippen LogP contribution in [0.2, 0.25) is 10.0 Å². The van der Waals surface area contributed by atoms with E-state index in [1.54, 1.807) is 0 Å². The molecular weight excluding hydrogens is 429 g/mol. The third kappa shape index (κ3) is 4.93. The smallest absolute Gasteiger partial charge is 0.341 e. The SMILES string of the molecule is O=C(O)c1ccc(C(=O)O)c(Cl)c1Cl.O=C(O)c1ccc(F)c(C(=O)O)c1F. The summed E-state index contributed by atoms with van der Waals surface area (Å²) in [6.45, 7) is 0. The first-order valence-electron chi connectivity index (χ1n) is 6.79. The van der Waals surface area contributed by atoms with Crippen LogP contribution in [0.5, 0.6) is 0 Å². The van der Waals surface area contributed by atoms with Gasteiger partial charge in [-0.1, -0.05) is 23.2 Å². The van der Waals surface area contributed by atoms with Gasteiger partial charge in [0, 0.05) is 0 Å². The lowest BCUT2D eigenvalue weighted by molar-refractivity contribution is 0.0672. The molecule has 0 spiro atoms. The lowest BCUT2D eigenvalue weighted by Crippen LogP contribution is -2.10. The zero-order valence-corrected chi connectivity index (χ0v) is 14.8. The molecule has 28 heavy (non-hydrogen) atoms. The third-order valence-electron chi connectivity index (χ3n) is 3.08. The van der Waals surface area contributed by atoms with E-state index in [-0.39, 0.29) is 21.2 Å². The molecule has 4 N–H and O–H groups in total. The molecule has 0 radical (unpaired) electrons. The summed E-state index contributed by atoms with van der Waals surface area (Å²) in [5.41, 5.74) is -2.57. The van der Waals surface area contributed by atoms with E-state index in [9.17, 15) is 28.0 Å². The van der Waals surface area contributed by atoms with Crippen molar-refractivity contribution in [3.8, 4) is 0 Å². The van der Waals surface area contributed by atoms with Crippen LogP contribution < -0.4 is 0 Å². The molecule has 2 aromatic rings. The minimum Gasteiger partial charge on any atom is -0.478 e. The van der Waals surface area contributed by atoms with E-state index in [0.717, 1.165) is 12.1 Å². The van der Waals surface area contributed by atoms with Crippen molar-refractivity contribution >= 4 is 47.1 Å². The number of halogens is 4. The third-order valence-corrected chi connectivity index (χ3v) is 3.96. The monoisotopic (exact) mass is 436 g/mol. The van der Waals surface area contributed by atoms with Gasteiger partial charge in [0.2, 0.25) is 0 Å². The van der Waals surface area contributed by atoms with E-state index >= 15 is 0 Å². The van der Waals surface area contributed by atoms with Gasteiger partial charge >= 0.3 is 23.9 Å². The molecule has 2 aromatic carbocycles. The Morgan fingerprint density at radius 2 is 1.00 bits per heavy atom. The zero-order chi connectivity index (χ0) is 21.8. The standard InChI is InChI=1S/C8H4Cl2O4.C8H4F2O4/c9-5-3(7(11)12)1-2-4(6(5)10)8(13)14;9-4-2-1-3(7(11)12)6(10)5(4)8(13)14/h2*1-2H,(H,11,12)(H,13,14). The number of carboxylic acids is 4. The van der Waals surface area contributed by atoms with Crippen LogP contribution in [0.3, 0.4) is 0 Å². The number of benzene rings is 2. The molecule has 148 valence electrons. The van der Waals surface area contributed by atoms with Crippen LogP contribution in [-0.4, -0.2) is 44.3 Å². The summed E-state index contributed by atoms with van der Waals surface area (Å²) < 4.78 is 25.8. The van der Waals surface area contributed by atoms with E-state index in [1.807, 2.05) is 0 Å². The first-order valence-corrected chi connectivity index (χ1v) is 7.54. The predicted molar refractivity (Wildman–Crippen MR) is 90.7 cm³/mol. The summed E-state index contributed by atoms with van der Waals surface area (Å²) in [7, 11) is 0. The Kier molecular flexibility index (Phi) is 7.42. The lowest BCUT2D eigenvalue weighted by Gasteiger charge is -2.03. The molecule has 0 atom stereocenters. The number of hydrogen-bond donors (Lipinski definition) is 4. The summed E-state index contributed by atoms with van der Waals surface area (Å²) in [6.07, 6.45) is 0. The fraction of sp³-hybridized carbons (Fsp3) is 0. The van der Waals surface area contributed by atoms with Crippen LogP contribution in [0.15, 0.2) is 24.3 Å². The highest BCUT2D eigenvalue weighted by atomic mass is 35.5. The molecule has 8 nitrogen and oxygen atoms in total. The maximum absolute atomic E-state index is 13.0. The first-order chi connectivity index (χ1) is 12.9. The van der Waals surface area contributed by atoms with Crippen LogP contribution in [0.4, 0.5) is 8.78 Å². The van der Waals surface area contributed by atoms with E-state index in [0.29, 0.717) is 12.1 Å². The summed E-state index contributed by atoms with van der Waals surface area (Å²) >= 11 is 11.1. The number of carboxylic acid groups (broad SMARTS) is 4. The molecule has 0 bridgehead atoms. The number of rotatable bonds is 4. The molecule has 0 heterocycles. The lowest BCUT2D eigenvalue weighted by atomic mass is 10.1. The number of carbonyl (C=O) groups is 4. The second-order valence-electron chi connectivity index (χ2n) is 4.79. The van der Waals surface area contributed by atoms with Crippen molar-refractivity contribution in [2.75, 3.05) is 0 Å². The molecule has 0 aliphatic carbocycles. The molecule has 2 rings (SSSR count). The molecule has 0 aliphatic heterocycles. The van der Waals surface area contributed by atoms with Crippen LogP contribution in [0.25, 0.3) is 0 Å². The van der Waals surface area contributed by atoms with Crippen molar-refractivity contribution in [2.24, 2.45) is 0 Å². The molecule has 0 aromatic heterocycles. The largest absolute Gasteiger partial charge is 0.478 e. The molecule has 0 amide bonds. The van der Waals surface area contributed by atoms with Crippen molar-refractivity contribution in [3.63, 3.8) is 0 Å². The van der Waals surface area contributed by atoms with Gasteiger partial charge in [-0.2, -0.15) is 0 Å². The average molecular weight is 437 g/mol. The highest BCUT2D eigenvalue weighted by Gasteiger charge is 2.22. The molecule has 0 aliphatic rings. The van der Waals surface area contributed by atoms with Gasteiger partial charge in [-0.15, -0.1) is 0 Å². The molecule has 12 heteroatoms. The van der Waals surface area contributed by atoms with Crippen LogP contribution in [0, 0.1) is 11.6 Å². The fourth-order valence-corrected chi connectivity index (χ4v) is 2.28. The highest BCUT2D eigenvalue weighted by Crippen LogP contribution is 2.29. The maximum atomic E-state index is 13.0. The summed E-state index contributed by atoms with van der Waals surface area (Å²) in [5, 5.41) is 33.5. The van der Waals surface area contributed by atoms with Gasteiger partial charge in [-0.3, -0.25) is 0 Å². The zero-order valence-electron chi connectivity index (χ0n) is 13.2. The quantitative estimate of drug-likeness (QED) is 0.565. The van der Waals surface area contributed by atoms with Gasteiger partial charge in [0.05, 0.1) is 26.7 Å². The number of hydrogen-bond acceptors (Lipinski definition) is 4. The minimum absolute atomic E-state index is 0.221. The summed E-state index contributed by atoms with van der Waals surface area (Å²) in [4.78, 5) is 41.8. The Bertz CT molecular complexity index is 952.